The van der Waals surface area contributed by atoms with Crippen molar-refractivity contribution < 1.29 is 9.84 Å². The van der Waals surface area contributed by atoms with Gasteiger partial charge in [0.1, 0.15) is 11.0 Å². The van der Waals surface area contributed by atoms with Crippen LogP contribution in [0.2, 0.25) is 0 Å². The summed E-state index contributed by atoms with van der Waals surface area (Å²) in [7, 11) is 1.80. The molecule has 0 aliphatic carbocycles. The molecule has 0 saturated carbocycles. The van der Waals surface area contributed by atoms with Gasteiger partial charge in [0.2, 0.25) is 0 Å². The van der Waals surface area contributed by atoms with Crippen molar-refractivity contribution in [3.8, 4) is 0 Å². The highest BCUT2D eigenvalue weighted by atomic mass is 16.5. The number of aliphatic hydroxyl groups is 1. The zero-order valence-corrected chi connectivity index (χ0v) is 22.2. The summed E-state index contributed by atoms with van der Waals surface area (Å²) in [4.78, 5) is 26.2. The quantitative estimate of drug-likeness (QED) is 0.431. The molecule has 1 aromatic carbocycles. The number of hydrogen-bond donors (Lipinski definition) is 1. The van der Waals surface area contributed by atoms with E-state index in [1.807, 2.05) is 10.7 Å². The standard InChI is InChI=1S/C28H35N7O3/c1-18-15-34(19(2)20-7-8-22-24(14-20)30-12-11-29-22)21(17-36)16-33(18)28-27-23(9-10-25(37)32(27)3)31-35(28)26-6-4-5-13-38-26/h7-12,14,18-19,21,26,36H,4-6,13,15-17H2,1-3H3/t18-,19?,21-,26?/m0/s1. The topological polar surface area (TPSA) is 102 Å². The highest BCUT2D eigenvalue weighted by molar-refractivity contribution is 5.87. The third-order valence-corrected chi connectivity index (χ3v) is 8.20. The van der Waals surface area contributed by atoms with Gasteiger partial charge in [0.15, 0.2) is 12.0 Å². The third kappa shape index (κ3) is 4.26. The first-order valence-corrected chi connectivity index (χ1v) is 13.5. The number of fused-ring (bicyclic) bond motifs is 2. The van der Waals surface area contributed by atoms with Crippen molar-refractivity contribution >= 4 is 27.9 Å². The Hall–Kier alpha value is -3.34. The molecule has 200 valence electrons. The largest absolute Gasteiger partial charge is 0.395 e. The normalized spacial score (nSPS) is 23.8. The number of aliphatic hydroxyl groups excluding tert-OH is 1. The predicted molar refractivity (Wildman–Crippen MR) is 146 cm³/mol. The Labute approximate surface area is 221 Å². The first kappa shape index (κ1) is 25.0. The van der Waals surface area contributed by atoms with E-state index < -0.39 is 0 Å². The van der Waals surface area contributed by atoms with E-state index in [1.165, 1.54) is 0 Å². The van der Waals surface area contributed by atoms with Crippen LogP contribution in [0, 0.1) is 0 Å². The zero-order chi connectivity index (χ0) is 26.4. The summed E-state index contributed by atoms with van der Waals surface area (Å²) in [6.45, 7) is 6.45. The second kappa shape index (κ2) is 10.1. The van der Waals surface area contributed by atoms with Gasteiger partial charge in [-0.25, -0.2) is 4.68 Å². The number of benzene rings is 1. The minimum atomic E-state index is -0.170. The van der Waals surface area contributed by atoms with Gasteiger partial charge in [0.25, 0.3) is 5.56 Å². The number of ether oxygens (including phenoxy) is 1. The molecular weight excluding hydrogens is 482 g/mol. The highest BCUT2D eigenvalue weighted by Gasteiger charge is 2.38. The fourth-order valence-corrected chi connectivity index (χ4v) is 6.05. The first-order chi connectivity index (χ1) is 18.5. The molecule has 2 unspecified atom stereocenters. The van der Waals surface area contributed by atoms with Gasteiger partial charge >= 0.3 is 0 Å². The lowest BCUT2D eigenvalue weighted by Gasteiger charge is -2.48. The minimum absolute atomic E-state index is 0.0197. The van der Waals surface area contributed by atoms with E-state index in [-0.39, 0.29) is 36.5 Å². The van der Waals surface area contributed by atoms with Gasteiger partial charge in [-0.05, 0) is 56.9 Å². The molecular formula is C28H35N7O3. The van der Waals surface area contributed by atoms with Crippen LogP contribution in [0.15, 0.2) is 47.5 Å². The number of hydrogen-bond acceptors (Lipinski definition) is 8. The van der Waals surface area contributed by atoms with Gasteiger partial charge in [0.05, 0.1) is 23.7 Å². The van der Waals surface area contributed by atoms with Gasteiger partial charge in [-0.3, -0.25) is 19.7 Å². The molecule has 38 heavy (non-hydrogen) atoms. The third-order valence-electron chi connectivity index (χ3n) is 8.20. The van der Waals surface area contributed by atoms with Crippen LogP contribution in [0.4, 0.5) is 5.82 Å². The van der Waals surface area contributed by atoms with E-state index in [0.29, 0.717) is 13.2 Å². The predicted octanol–water partition coefficient (Wildman–Crippen LogP) is 3.01. The Bertz CT molecular complexity index is 1510. The Morgan fingerprint density at radius 3 is 2.63 bits per heavy atom. The summed E-state index contributed by atoms with van der Waals surface area (Å²) in [5.41, 5.74) is 4.40. The van der Waals surface area contributed by atoms with Crippen molar-refractivity contribution in [1.29, 1.82) is 0 Å². The van der Waals surface area contributed by atoms with Crippen molar-refractivity contribution in [2.45, 2.75) is 57.5 Å². The fourth-order valence-electron chi connectivity index (χ4n) is 6.05. The van der Waals surface area contributed by atoms with E-state index >= 15 is 0 Å². The van der Waals surface area contributed by atoms with Crippen molar-refractivity contribution in [1.82, 2.24) is 29.2 Å². The summed E-state index contributed by atoms with van der Waals surface area (Å²) in [6, 6.07) is 9.66. The van der Waals surface area contributed by atoms with E-state index in [0.717, 1.165) is 59.3 Å². The van der Waals surface area contributed by atoms with Crippen LogP contribution in [0.3, 0.4) is 0 Å². The average molecular weight is 518 g/mol. The number of rotatable bonds is 5. The number of pyridine rings is 1. The molecule has 0 amide bonds. The molecule has 0 radical (unpaired) electrons. The van der Waals surface area contributed by atoms with Crippen molar-refractivity contribution in [3.63, 3.8) is 0 Å². The molecule has 10 heteroatoms. The van der Waals surface area contributed by atoms with Crippen LogP contribution in [-0.2, 0) is 11.8 Å². The fraction of sp³-hybridized carbons (Fsp3) is 0.500. The molecule has 2 fully saturated rings. The number of anilines is 1. The number of aryl methyl sites for hydroxylation is 1. The molecule has 5 heterocycles. The molecule has 3 aromatic heterocycles. The van der Waals surface area contributed by atoms with Crippen LogP contribution >= 0.6 is 0 Å². The summed E-state index contributed by atoms with van der Waals surface area (Å²) in [5, 5.41) is 15.5. The van der Waals surface area contributed by atoms with Gasteiger partial charge in [0, 0.05) is 57.3 Å². The van der Waals surface area contributed by atoms with E-state index in [2.05, 4.69) is 45.7 Å². The van der Waals surface area contributed by atoms with Crippen molar-refractivity contribution in [2.75, 3.05) is 31.2 Å². The number of nitrogens with zero attached hydrogens (tertiary/aromatic N) is 7. The van der Waals surface area contributed by atoms with Crippen LogP contribution < -0.4 is 10.5 Å². The average Bonchev–Trinajstić information content (AvgIpc) is 3.35. The molecule has 1 N–H and O–H groups in total. The van der Waals surface area contributed by atoms with Gasteiger partial charge in [-0.1, -0.05) is 6.07 Å². The Morgan fingerprint density at radius 1 is 1.08 bits per heavy atom. The van der Waals surface area contributed by atoms with Gasteiger partial charge in [-0.2, -0.15) is 5.10 Å². The highest BCUT2D eigenvalue weighted by Crippen LogP contribution is 2.37. The van der Waals surface area contributed by atoms with Crippen LogP contribution in [-0.4, -0.2) is 72.7 Å². The molecule has 0 bridgehead atoms. The molecule has 2 aliphatic heterocycles. The first-order valence-electron chi connectivity index (χ1n) is 13.5. The van der Waals surface area contributed by atoms with Crippen molar-refractivity contribution in [3.05, 3.63) is 58.6 Å². The lowest BCUT2D eigenvalue weighted by atomic mass is 9.99. The van der Waals surface area contributed by atoms with E-state index in [1.54, 1.807) is 36.1 Å². The molecule has 4 atom stereocenters. The maximum absolute atomic E-state index is 12.7. The Morgan fingerprint density at radius 2 is 1.87 bits per heavy atom. The molecule has 10 nitrogen and oxygen atoms in total. The summed E-state index contributed by atoms with van der Waals surface area (Å²) in [6.07, 6.45) is 6.26. The smallest absolute Gasteiger partial charge is 0.250 e. The summed E-state index contributed by atoms with van der Waals surface area (Å²) < 4.78 is 9.82. The van der Waals surface area contributed by atoms with Crippen molar-refractivity contribution in [2.24, 2.45) is 7.05 Å². The van der Waals surface area contributed by atoms with Gasteiger partial charge < -0.3 is 19.3 Å². The zero-order valence-electron chi connectivity index (χ0n) is 22.2. The Balaban J connectivity index is 1.37. The molecule has 2 aliphatic rings. The van der Waals surface area contributed by atoms with Crippen LogP contribution in [0.1, 0.15) is 50.9 Å². The molecule has 4 aromatic rings. The molecule has 2 saturated heterocycles. The number of piperazine rings is 1. The second-order valence-corrected chi connectivity index (χ2v) is 10.6. The second-order valence-electron chi connectivity index (χ2n) is 10.6. The maximum Gasteiger partial charge on any atom is 0.250 e. The lowest BCUT2D eigenvalue weighted by Crippen LogP contribution is -2.59. The molecule has 0 spiro atoms. The number of aromatic nitrogens is 5. The van der Waals surface area contributed by atoms with E-state index in [9.17, 15) is 9.90 Å². The Kier molecular flexibility index (Phi) is 6.63. The SMILES string of the molecule is CC(c1ccc2nccnc2c1)N1C[C@H](C)N(c2c3c(ccc(=O)n3C)nn2C2CCCCO2)C[C@H]1CO. The molecule has 6 rings (SSSR count). The lowest BCUT2D eigenvalue weighted by molar-refractivity contribution is -0.0387. The summed E-state index contributed by atoms with van der Waals surface area (Å²) >= 11 is 0. The van der Waals surface area contributed by atoms with Crippen LogP contribution in [0.5, 0.6) is 0 Å². The monoisotopic (exact) mass is 517 g/mol. The van der Waals surface area contributed by atoms with E-state index in [4.69, 9.17) is 9.84 Å². The summed E-state index contributed by atoms with van der Waals surface area (Å²) in [5.74, 6) is 0.895. The maximum atomic E-state index is 12.7. The minimum Gasteiger partial charge on any atom is -0.395 e. The van der Waals surface area contributed by atoms with Crippen LogP contribution in [0.25, 0.3) is 22.1 Å². The van der Waals surface area contributed by atoms with Gasteiger partial charge in [-0.15, -0.1) is 0 Å².